The van der Waals surface area contributed by atoms with Gasteiger partial charge < -0.3 is 9.67 Å². The van der Waals surface area contributed by atoms with E-state index in [9.17, 15) is 14.7 Å². The Morgan fingerprint density at radius 1 is 1.21 bits per heavy atom. The zero-order valence-corrected chi connectivity index (χ0v) is 13.9. The number of aliphatic carboxylic acids is 1. The van der Waals surface area contributed by atoms with Gasteiger partial charge in [0.15, 0.2) is 0 Å². The standard InChI is InChI=1S/C20H23NO3/c1-14-5-4-12-21(19(14)22)13-15-8-10-17(11-9-15)18(20(23)24)16-6-2-3-7-16/h4-5,8-12,16,18H,2-3,6-7,13H2,1H3,(H,23,24). The molecule has 0 bridgehead atoms. The predicted molar refractivity (Wildman–Crippen MR) is 93.3 cm³/mol. The number of hydrogen-bond acceptors (Lipinski definition) is 2. The third-order valence-electron chi connectivity index (χ3n) is 5.04. The first-order chi connectivity index (χ1) is 11.6. The lowest BCUT2D eigenvalue weighted by atomic mass is 9.84. The molecule has 1 fully saturated rings. The first kappa shape index (κ1) is 16.5. The Morgan fingerprint density at radius 3 is 2.50 bits per heavy atom. The number of carboxylic acids is 1. The third kappa shape index (κ3) is 3.42. The van der Waals surface area contributed by atoms with Gasteiger partial charge in [-0.25, -0.2) is 0 Å². The van der Waals surface area contributed by atoms with E-state index in [1.807, 2.05) is 30.3 Å². The van der Waals surface area contributed by atoms with Crippen LogP contribution in [0.4, 0.5) is 0 Å². The van der Waals surface area contributed by atoms with Crippen molar-refractivity contribution in [1.29, 1.82) is 0 Å². The highest BCUT2D eigenvalue weighted by Gasteiger charge is 2.31. The van der Waals surface area contributed by atoms with Gasteiger partial charge in [-0.1, -0.05) is 43.2 Å². The third-order valence-corrected chi connectivity index (χ3v) is 5.04. The van der Waals surface area contributed by atoms with Crippen molar-refractivity contribution in [2.24, 2.45) is 5.92 Å². The molecular weight excluding hydrogens is 302 g/mol. The van der Waals surface area contributed by atoms with Crippen molar-refractivity contribution >= 4 is 5.97 Å². The molecule has 1 aromatic carbocycles. The molecule has 1 aliphatic carbocycles. The van der Waals surface area contributed by atoms with Crippen molar-refractivity contribution in [1.82, 2.24) is 4.57 Å². The van der Waals surface area contributed by atoms with E-state index in [0.29, 0.717) is 6.54 Å². The summed E-state index contributed by atoms with van der Waals surface area (Å²) in [6, 6.07) is 11.4. The maximum absolute atomic E-state index is 12.1. The van der Waals surface area contributed by atoms with Gasteiger partial charge in [-0.3, -0.25) is 9.59 Å². The molecule has 24 heavy (non-hydrogen) atoms. The Morgan fingerprint density at radius 2 is 1.88 bits per heavy atom. The number of nitrogens with zero attached hydrogens (tertiary/aromatic N) is 1. The van der Waals surface area contributed by atoms with E-state index in [1.54, 1.807) is 23.8 Å². The summed E-state index contributed by atoms with van der Waals surface area (Å²) in [4.78, 5) is 23.8. The Balaban J connectivity index is 1.80. The summed E-state index contributed by atoms with van der Waals surface area (Å²) in [6.07, 6.45) is 6.03. The topological polar surface area (TPSA) is 59.3 Å². The average molecular weight is 325 g/mol. The Hall–Kier alpha value is -2.36. The Kier molecular flexibility index (Phi) is 4.84. The minimum Gasteiger partial charge on any atom is -0.481 e. The van der Waals surface area contributed by atoms with Gasteiger partial charge in [-0.15, -0.1) is 0 Å². The van der Waals surface area contributed by atoms with Crippen LogP contribution in [0.3, 0.4) is 0 Å². The molecule has 1 aromatic heterocycles. The second-order valence-corrected chi connectivity index (χ2v) is 6.73. The first-order valence-corrected chi connectivity index (χ1v) is 8.54. The molecule has 3 rings (SSSR count). The van der Waals surface area contributed by atoms with Crippen molar-refractivity contribution in [2.45, 2.75) is 45.1 Å². The normalized spacial score (nSPS) is 16.2. The van der Waals surface area contributed by atoms with E-state index < -0.39 is 11.9 Å². The molecule has 0 amide bonds. The highest BCUT2D eigenvalue weighted by molar-refractivity contribution is 5.76. The number of aryl methyl sites for hydroxylation is 1. The molecule has 0 spiro atoms. The molecule has 1 saturated carbocycles. The van der Waals surface area contributed by atoms with Crippen LogP contribution >= 0.6 is 0 Å². The van der Waals surface area contributed by atoms with Crippen molar-refractivity contribution in [3.63, 3.8) is 0 Å². The van der Waals surface area contributed by atoms with Crippen LogP contribution in [0.25, 0.3) is 0 Å². The first-order valence-electron chi connectivity index (χ1n) is 8.54. The van der Waals surface area contributed by atoms with Crippen LogP contribution in [0.2, 0.25) is 0 Å². The number of pyridine rings is 1. The molecule has 1 N–H and O–H groups in total. The van der Waals surface area contributed by atoms with E-state index >= 15 is 0 Å². The van der Waals surface area contributed by atoms with E-state index in [-0.39, 0.29) is 11.5 Å². The molecule has 0 radical (unpaired) electrons. The van der Waals surface area contributed by atoms with Gasteiger partial charge in [-0.2, -0.15) is 0 Å². The monoisotopic (exact) mass is 325 g/mol. The van der Waals surface area contributed by atoms with E-state index in [1.165, 1.54) is 0 Å². The second-order valence-electron chi connectivity index (χ2n) is 6.73. The van der Waals surface area contributed by atoms with Crippen LogP contribution in [0.1, 0.15) is 48.3 Å². The van der Waals surface area contributed by atoms with Gasteiger partial charge in [0.1, 0.15) is 0 Å². The van der Waals surface area contributed by atoms with Crippen molar-refractivity contribution in [2.75, 3.05) is 0 Å². The van der Waals surface area contributed by atoms with Gasteiger partial charge in [-0.05, 0) is 42.9 Å². The predicted octanol–water partition coefficient (Wildman–Crippen LogP) is 3.56. The summed E-state index contributed by atoms with van der Waals surface area (Å²) in [6.45, 7) is 2.31. The van der Waals surface area contributed by atoms with Gasteiger partial charge in [0.25, 0.3) is 5.56 Å². The summed E-state index contributed by atoms with van der Waals surface area (Å²) in [7, 11) is 0. The molecule has 1 heterocycles. The van der Waals surface area contributed by atoms with Crippen LogP contribution in [-0.4, -0.2) is 15.6 Å². The van der Waals surface area contributed by atoms with E-state index in [4.69, 9.17) is 0 Å². The number of carboxylic acid groups (broad SMARTS) is 1. The smallest absolute Gasteiger partial charge is 0.311 e. The van der Waals surface area contributed by atoms with Gasteiger partial charge in [0.05, 0.1) is 12.5 Å². The molecule has 0 aliphatic heterocycles. The number of aromatic nitrogens is 1. The number of hydrogen-bond donors (Lipinski definition) is 1. The molecule has 4 heteroatoms. The quantitative estimate of drug-likeness (QED) is 0.914. The highest BCUT2D eigenvalue weighted by atomic mass is 16.4. The minimum atomic E-state index is -0.732. The van der Waals surface area contributed by atoms with Gasteiger partial charge >= 0.3 is 5.97 Å². The van der Waals surface area contributed by atoms with Gasteiger partial charge in [0.2, 0.25) is 0 Å². The zero-order chi connectivity index (χ0) is 17.1. The molecule has 1 aliphatic rings. The SMILES string of the molecule is Cc1cccn(Cc2ccc(C(C(=O)O)C3CCCC3)cc2)c1=O. The van der Waals surface area contributed by atoms with Crippen LogP contribution < -0.4 is 5.56 Å². The lowest BCUT2D eigenvalue weighted by Crippen LogP contribution is -2.22. The number of rotatable bonds is 5. The van der Waals surface area contributed by atoms with Crippen LogP contribution in [0.5, 0.6) is 0 Å². The highest BCUT2D eigenvalue weighted by Crippen LogP contribution is 2.37. The van der Waals surface area contributed by atoms with Crippen molar-refractivity contribution in [3.05, 3.63) is 69.6 Å². The maximum atomic E-state index is 12.1. The van der Waals surface area contributed by atoms with Gasteiger partial charge in [0, 0.05) is 11.8 Å². The molecule has 4 nitrogen and oxygen atoms in total. The lowest BCUT2D eigenvalue weighted by Gasteiger charge is -2.20. The lowest BCUT2D eigenvalue weighted by molar-refractivity contribution is -0.140. The molecule has 126 valence electrons. The van der Waals surface area contributed by atoms with Crippen LogP contribution in [-0.2, 0) is 11.3 Å². The number of benzene rings is 1. The van der Waals surface area contributed by atoms with Crippen molar-refractivity contribution in [3.8, 4) is 0 Å². The molecule has 1 unspecified atom stereocenters. The summed E-state index contributed by atoms with van der Waals surface area (Å²) >= 11 is 0. The maximum Gasteiger partial charge on any atom is 0.311 e. The fraction of sp³-hybridized carbons (Fsp3) is 0.400. The van der Waals surface area contributed by atoms with E-state index in [2.05, 4.69) is 0 Å². The largest absolute Gasteiger partial charge is 0.481 e. The molecular formula is C20H23NO3. The fourth-order valence-corrected chi connectivity index (χ4v) is 3.72. The molecule has 0 saturated heterocycles. The summed E-state index contributed by atoms with van der Waals surface area (Å²) < 4.78 is 1.68. The molecule has 1 atom stereocenters. The Bertz CT molecular complexity index is 770. The summed E-state index contributed by atoms with van der Waals surface area (Å²) in [5, 5.41) is 9.61. The zero-order valence-electron chi connectivity index (χ0n) is 13.9. The summed E-state index contributed by atoms with van der Waals surface area (Å²) in [5.41, 5.74) is 2.61. The van der Waals surface area contributed by atoms with Crippen LogP contribution in [0.15, 0.2) is 47.4 Å². The molecule has 2 aromatic rings. The number of carbonyl (C=O) groups is 1. The summed E-state index contributed by atoms with van der Waals surface area (Å²) in [5.74, 6) is -0.902. The second kappa shape index (κ2) is 7.04. The Labute approximate surface area is 141 Å². The van der Waals surface area contributed by atoms with E-state index in [0.717, 1.165) is 42.4 Å². The fourth-order valence-electron chi connectivity index (χ4n) is 3.72. The van der Waals surface area contributed by atoms with Crippen molar-refractivity contribution < 1.29 is 9.90 Å². The van der Waals surface area contributed by atoms with Crippen LogP contribution in [0, 0.1) is 12.8 Å². The average Bonchev–Trinajstić information content (AvgIpc) is 3.07. The minimum absolute atomic E-state index is 0.0101.